The number of thiophene rings is 1. The molecule has 0 spiro atoms. The van der Waals surface area contributed by atoms with E-state index < -0.39 is 5.41 Å². The Morgan fingerprint density at radius 3 is 2.78 bits per heavy atom. The highest BCUT2D eigenvalue weighted by atomic mass is 32.1. The van der Waals surface area contributed by atoms with Crippen LogP contribution in [0.1, 0.15) is 65.2 Å². The third-order valence-corrected chi connectivity index (χ3v) is 9.19. The number of piperidine rings is 1. The Bertz CT molecular complexity index is 1310. The van der Waals surface area contributed by atoms with E-state index in [1.165, 1.54) is 21.4 Å². The molecule has 2 aliphatic heterocycles. The molecule has 0 radical (unpaired) electrons. The van der Waals surface area contributed by atoms with Gasteiger partial charge in [-0.25, -0.2) is 4.39 Å². The van der Waals surface area contributed by atoms with Gasteiger partial charge in [-0.1, -0.05) is 47.0 Å². The second kappa shape index (κ2) is 10.4. The summed E-state index contributed by atoms with van der Waals surface area (Å²) in [6, 6.07) is 10.8. The Labute approximate surface area is 225 Å². The quantitative estimate of drug-likeness (QED) is 0.281. The van der Waals surface area contributed by atoms with E-state index in [4.69, 9.17) is 5.10 Å². The summed E-state index contributed by atoms with van der Waals surface area (Å²) in [5.74, 6) is -0.0661. The van der Waals surface area contributed by atoms with Crippen LogP contribution in [0.4, 0.5) is 4.39 Å². The van der Waals surface area contributed by atoms with Crippen LogP contribution >= 0.6 is 20.6 Å². The smallest absolute Gasteiger partial charge is 0.246 e. The number of halogens is 1. The number of nitrogens with zero attached hydrogens (tertiary/aromatic N) is 4. The minimum absolute atomic E-state index is 0.00668. The lowest BCUT2D eigenvalue weighted by molar-refractivity contribution is -0.127. The largest absolute Gasteiger partial charge is 0.333 e. The van der Waals surface area contributed by atoms with E-state index in [2.05, 4.69) is 52.9 Å². The van der Waals surface area contributed by atoms with Gasteiger partial charge in [0.05, 0.1) is 12.6 Å². The third-order valence-electron chi connectivity index (χ3n) is 7.64. The molecule has 0 saturated carbocycles. The van der Waals surface area contributed by atoms with Crippen LogP contribution in [-0.2, 0) is 23.2 Å². The second-order valence-corrected chi connectivity index (χ2v) is 12.8. The monoisotopic (exact) mass is 538 g/mol. The molecule has 3 unspecified atom stereocenters. The molecule has 1 amide bonds. The molecule has 4 heterocycles. The van der Waals surface area contributed by atoms with Crippen molar-refractivity contribution in [2.24, 2.45) is 0 Å². The molecule has 2 aliphatic rings. The second-order valence-electron chi connectivity index (χ2n) is 10.5. The molecule has 0 bridgehead atoms. The number of aromatic nitrogens is 2. The highest BCUT2D eigenvalue weighted by molar-refractivity contribution is 7.18. The highest BCUT2D eigenvalue weighted by Crippen LogP contribution is 2.45. The maximum atomic E-state index is 15.6. The van der Waals surface area contributed by atoms with Crippen LogP contribution in [0.2, 0.25) is 0 Å². The van der Waals surface area contributed by atoms with Gasteiger partial charge >= 0.3 is 0 Å². The summed E-state index contributed by atoms with van der Waals surface area (Å²) in [6.07, 6.45) is 6.54. The molecule has 8 heteroatoms. The van der Waals surface area contributed by atoms with Crippen LogP contribution in [0.3, 0.4) is 0 Å². The average molecular weight is 539 g/mol. The van der Waals surface area contributed by atoms with Crippen molar-refractivity contribution in [2.45, 2.75) is 57.0 Å². The average Bonchev–Trinajstić information content (AvgIpc) is 3.52. The lowest BCUT2D eigenvalue weighted by atomic mass is 9.83. The maximum Gasteiger partial charge on any atom is 0.246 e. The predicted octanol–water partition coefficient (Wildman–Crippen LogP) is 6.12. The van der Waals surface area contributed by atoms with E-state index in [-0.39, 0.29) is 17.9 Å². The lowest BCUT2D eigenvalue weighted by Gasteiger charge is -2.33. The molecule has 3 aromatic rings. The molecular formula is C29H36FN4OPS. The fraction of sp³-hybridized carbons (Fsp3) is 0.448. The summed E-state index contributed by atoms with van der Waals surface area (Å²) < 4.78 is 17.6. The number of alkyl halides is 1. The van der Waals surface area contributed by atoms with Crippen molar-refractivity contribution < 1.29 is 9.18 Å². The van der Waals surface area contributed by atoms with Gasteiger partial charge in [0.15, 0.2) is 5.41 Å². The van der Waals surface area contributed by atoms with Crippen molar-refractivity contribution in [1.29, 1.82) is 0 Å². The van der Waals surface area contributed by atoms with Gasteiger partial charge in [0.25, 0.3) is 0 Å². The molecule has 0 N–H and O–H groups in total. The van der Waals surface area contributed by atoms with Crippen LogP contribution < -0.4 is 0 Å². The SMILES string of the molecule is C=CC(=O)N1Cc2sc(CC)cc2[C@H](c2ccccc2-c2cn(C3CCCN(C)C3)nc2C(C)(F)P)C1. The van der Waals surface area contributed by atoms with E-state index >= 15 is 4.39 Å². The van der Waals surface area contributed by atoms with Gasteiger partial charge in [0.2, 0.25) is 5.91 Å². The van der Waals surface area contributed by atoms with Gasteiger partial charge in [0, 0.05) is 40.5 Å². The van der Waals surface area contributed by atoms with Crippen molar-refractivity contribution in [2.75, 3.05) is 26.7 Å². The van der Waals surface area contributed by atoms with E-state index in [0.29, 0.717) is 18.8 Å². The van der Waals surface area contributed by atoms with Crippen molar-refractivity contribution in [1.82, 2.24) is 19.6 Å². The number of carbonyl (C=O) groups excluding carboxylic acids is 1. The van der Waals surface area contributed by atoms with Crippen LogP contribution in [0.15, 0.2) is 49.2 Å². The maximum absolute atomic E-state index is 15.6. The number of amides is 1. The molecule has 1 aromatic carbocycles. The van der Waals surface area contributed by atoms with Crippen molar-refractivity contribution in [3.8, 4) is 11.1 Å². The predicted molar refractivity (Wildman–Crippen MR) is 153 cm³/mol. The third kappa shape index (κ3) is 5.19. The number of aryl methyl sites for hydroxylation is 1. The topological polar surface area (TPSA) is 41.4 Å². The molecule has 37 heavy (non-hydrogen) atoms. The first kappa shape index (κ1) is 26.3. The first-order chi connectivity index (χ1) is 17.7. The molecule has 0 aliphatic carbocycles. The van der Waals surface area contributed by atoms with Crippen LogP contribution in [0, 0.1) is 0 Å². The Hall–Kier alpha value is -2.34. The molecule has 1 fully saturated rings. The molecule has 196 valence electrons. The molecule has 5 rings (SSSR count). The van der Waals surface area contributed by atoms with Crippen LogP contribution in [0.25, 0.3) is 11.1 Å². The number of likely N-dealkylation sites (tertiary alicyclic amines) is 1. The number of fused-ring (bicyclic) bond motifs is 1. The number of hydrogen-bond acceptors (Lipinski definition) is 4. The van der Waals surface area contributed by atoms with Gasteiger partial charge in [-0.3, -0.25) is 9.48 Å². The molecule has 5 nitrogen and oxygen atoms in total. The number of rotatable bonds is 6. The molecular weight excluding hydrogens is 502 g/mol. The van der Waals surface area contributed by atoms with Gasteiger partial charge in [-0.05, 0) is 68.6 Å². The summed E-state index contributed by atoms with van der Waals surface area (Å²) in [6.45, 7) is 10.6. The summed E-state index contributed by atoms with van der Waals surface area (Å²) in [5.41, 5.74) is 4.62. The standard InChI is InChI=1S/C29H36FN4OPS/c1-5-20-14-23-24(16-33(27(35)6-2)18-26(23)37-20)21-11-7-8-12-22(21)25-17-34(31-28(25)29(3,30)36)19-10-9-13-32(4)15-19/h6-8,11-12,14,17,19,24H,2,5,9-10,13,15-16,18,36H2,1,3-4H3/t19?,24-,29?/m0/s1. The minimum atomic E-state index is -1.67. The van der Waals surface area contributed by atoms with E-state index in [1.54, 1.807) is 18.3 Å². The fourth-order valence-electron chi connectivity index (χ4n) is 5.75. The summed E-state index contributed by atoms with van der Waals surface area (Å²) >= 11 is 1.78. The van der Waals surface area contributed by atoms with Crippen LogP contribution in [0.5, 0.6) is 0 Å². The zero-order valence-electron chi connectivity index (χ0n) is 21.9. The van der Waals surface area contributed by atoms with E-state index in [1.807, 2.05) is 27.9 Å². The first-order valence-electron chi connectivity index (χ1n) is 13.1. The Kier molecular flexibility index (Phi) is 7.41. The summed E-state index contributed by atoms with van der Waals surface area (Å²) in [7, 11) is 4.46. The van der Waals surface area contributed by atoms with E-state index in [0.717, 1.165) is 49.0 Å². The summed E-state index contributed by atoms with van der Waals surface area (Å²) in [4.78, 5) is 19.5. The molecule has 4 atom stereocenters. The normalized spacial score (nSPS) is 21.9. The Morgan fingerprint density at radius 1 is 1.30 bits per heavy atom. The number of carbonyl (C=O) groups is 1. The number of benzene rings is 1. The van der Waals surface area contributed by atoms with Gasteiger partial charge in [-0.15, -0.1) is 11.3 Å². The Balaban J connectivity index is 1.63. The van der Waals surface area contributed by atoms with Gasteiger partial charge in [-0.2, -0.15) is 5.10 Å². The lowest BCUT2D eigenvalue weighted by Crippen LogP contribution is -2.37. The molecule has 1 saturated heterocycles. The molecule has 2 aromatic heterocycles. The fourth-order valence-corrected chi connectivity index (χ4v) is 7.15. The first-order valence-corrected chi connectivity index (χ1v) is 14.5. The number of likely N-dealkylation sites (N-methyl/N-ethyl adjacent to an activating group) is 1. The van der Waals surface area contributed by atoms with E-state index in [9.17, 15) is 4.79 Å². The van der Waals surface area contributed by atoms with Crippen molar-refractivity contribution >= 4 is 26.5 Å². The Morgan fingerprint density at radius 2 is 2.08 bits per heavy atom. The summed E-state index contributed by atoms with van der Waals surface area (Å²) in [5, 5.41) is 3.17. The zero-order chi connectivity index (χ0) is 26.3. The van der Waals surface area contributed by atoms with Gasteiger partial charge < -0.3 is 9.80 Å². The minimum Gasteiger partial charge on any atom is -0.333 e. The van der Waals surface area contributed by atoms with Crippen molar-refractivity contribution in [3.63, 3.8) is 0 Å². The van der Waals surface area contributed by atoms with Crippen molar-refractivity contribution in [3.05, 3.63) is 75.8 Å². The highest BCUT2D eigenvalue weighted by Gasteiger charge is 2.35. The van der Waals surface area contributed by atoms with Gasteiger partial charge in [0.1, 0.15) is 5.69 Å². The zero-order valence-corrected chi connectivity index (χ0v) is 23.9. The van der Waals surface area contributed by atoms with Crippen LogP contribution in [-0.4, -0.2) is 52.2 Å². The number of hydrogen-bond donors (Lipinski definition) is 0.